The molecule has 0 spiro atoms. The first-order chi connectivity index (χ1) is 7.58. The lowest BCUT2D eigenvalue weighted by atomic mass is 9.93. The lowest BCUT2D eigenvalue weighted by Gasteiger charge is -2.29. The molecule has 0 saturated carbocycles. The second kappa shape index (κ2) is 6.87. The van der Waals surface area contributed by atoms with E-state index in [1.54, 1.807) is 6.92 Å². The second-order valence-corrected chi connectivity index (χ2v) is 3.28. The van der Waals surface area contributed by atoms with Crippen LogP contribution < -0.4 is 0 Å². The van der Waals surface area contributed by atoms with Crippen molar-refractivity contribution in [2.24, 2.45) is 5.41 Å². The molecule has 1 saturated heterocycles. The molecule has 16 heavy (non-hydrogen) atoms. The van der Waals surface area contributed by atoms with Gasteiger partial charge in [-0.05, 0) is 6.92 Å². The number of ether oxygens (including phenoxy) is 3. The van der Waals surface area contributed by atoms with Crippen LogP contribution in [-0.2, 0) is 19.0 Å². The molecular formula is C11H18O5. The molecule has 0 N–H and O–H groups in total. The molecule has 0 aromatic rings. The molecule has 92 valence electrons. The van der Waals surface area contributed by atoms with Crippen molar-refractivity contribution in [2.75, 3.05) is 19.8 Å². The number of hydrogen-bond acceptors (Lipinski definition) is 5. The fourth-order valence-corrected chi connectivity index (χ4v) is 0.946. The Morgan fingerprint density at radius 1 is 1.50 bits per heavy atom. The topological polar surface area (TPSA) is 61.8 Å². The van der Waals surface area contributed by atoms with Gasteiger partial charge in [0.2, 0.25) is 0 Å². The van der Waals surface area contributed by atoms with Crippen LogP contribution in [-0.4, -0.2) is 31.9 Å². The van der Waals surface area contributed by atoms with Crippen molar-refractivity contribution in [2.45, 2.75) is 20.8 Å². The quantitative estimate of drug-likeness (QED) is 0.547. The minimum atomic E-state index is -0.906. The molecular weight excluding hydrogens is 212 g/mol. The van der Waals surface area contributed by atoms with E-state index >= 15 is 0 Å². The third-order valence-electron chi connectivity index (χ3n) is 1.84. The molecule has 1 rings (SSSR count). The molecule has 0 radical (unpaired) electrons. The van der Waals surface area contributed by atoms with E-state index in [1.165, 1.54) is 6.08 Å². The van der Waals surface area contributed by atoms with Crippen molar-refractivity contribution >= 4 is 12.1 Å². The standard InChI is InChI=1S/C9H12O5.C2H6/c1-3-4-12-7(10)9(2)5-13-8(11)14-6-9;1-2/h3H,1,4-6H2,2H3;1-2H3. The Balaban J connectivity index is 0.00000106. The van der Waals surface area contributed by atoms with Gasteiger partial charge in [-0.2, -0.15) is 0 Å². The molecule has 5 nitrogen and oxygen atoms in total. The Kier molecular flexibility index (Phi) is 6.22. The summed E-state index contributed by atoms with van der Waals surface area (Å²) < 4.78 is 14.1. The zero-order chi connectivity index (χ0) is 12.6. The lowest BCUT2D eigenvalue weighted by Crippen LogP contribution is -2.44. The predicted molar refractivity (Wildman–Crippen MR) is 57.9 cm³/mol. The smallest absolute Gasteiger partial charge is 0.461 e. The van der Waals surface area contributed by atoms with Crippen molar-refractivity contribution < 1.29 is 23.8 Å². The van der Waals surface area contributed by atoms with Gasteiger partial charge in [-0.15, -0.1) is 0 Å². The highest BCUT2D eigenvalue weighted by Gasteiger charge is 2.41. The van der Waals surface area contributed by atoms with Gasteiger partial charge in [-0.1, -0.05) is 26.5 Å². The fraction of sp³-hybridized carbons (Fsp3) is 0.636. The van der Waals surface area contributed by atoms with E-state index in [2.05, 4.69) is 16.1 Å². The zero-order valence-electron chi connectivity index (χ0n) is 9.95. The maximum atomic E-state index is 11.4. The van der Waals surface area contributed by atoms with Crippen molar-refractivity contribution in [3.05, 3.63) is 12.7 Å². The van der Waals surface area contributed by atoms with E-state index in [0.29, 0.717) is 0 Å². The van der Waals surface area contributed by atoms with Crippen molar-refractivity contribution in [3.8, 4) is 0 Å². The largest absolute Gasteiger partial charge is 0.508 e. The summed E-state index contributed by atoms with van der Waals surface area (Å²) in [4.78, 5) is 22.0. The van der Waals surface area contributed by atoms with Crippen molar-refractivity contribution in [1.29, 1.82) is 0 Å². The molecule has 1 aliphatic heterocycles. The minimum Gasteiger partial charge on any atom is -0.461 e. The lowest BCUT2D eigenvalue weighted by molar-refractivity contribution is -0.164. The number of hydrogen-bond donors (Lipinski definition) is 0. The van der Waals surface area contributed by atoms with E-state index in [1.807, 2.05) is 13.8 Å². The van der Waals surface area contributed by atoms with E-state index < -0.39 is 17.5 Å². The highest BCUT2D eigenvalue weighted by Crippen LogP contribution is 2.23. The normalized spacial score (nSPS) is 17.1. The highest BCUT2D eigenvalue weighted by atomic mass is 16.7. The summed E-state index contributed by atoms with van der Waals surface area (Å²) in [6, 6.07) is 0. The molecule has 0 amide bonds. The van der Waals surface area contributed by atoms with E-state index in [0.717, 1.165) is 0 Å². The Labute approximate surface area is 95.4 Å². The number of carbonyl (C=O) groups is 2. The summed E-state index contributed by atoms with van der Waals surface area (Å²) in [5.41, 5.74) is -0.906. The van der Waals surface area contributed by atoms with Gasteiger partial charge in [-0.25, -0.2) is 4.79 Å². The Hall–Kier alpha value is -1.52. The molecule has 1 fully saturated rings. The van der Waals surface area contributed by atoms with Gasteiger partial charge in [0, 0.05) is 0 Å². The molecule has 1 aliphatic rings. The predicted octanol–water partition coefficient (Wildman–Crippen LogP) is 1.91. The summed E-state index contributed by atoms with van der Waals surface area (Å²) in [6.07, 6.45) is 0.718. The summed E-state index contributed by atoms with van der Waals surface area (Å²) in [5.74, 6) is -0.454. The average molecular weight is 230 g/mol. The maximum Gasteiger partial charge on any atom is 0.508 e. The van der Waals surface area contributed by atoms with Crippen LogP contribution in [0.15, 0.2) is 12.7 Å². The summed E-state index contributed by atoms with van der Waals surface area (Å²) in [5, 5.41) is 0. The Morgan fingerprint density at radius 3 is 2.44 bits per heavy atom. The Bertz CT molecular complexity index is 249. The van der Waals surface area contributed by atoms with E-state index in [9.17, 15) is 9.59 Å². The summed E-state index contributed by atoms with van der Waals surface area (Å²) in [6.45, 7) is 9.15. The van der Waals surface area contributed by atoms with Crippen LogP contribution in [0.25, 0.3) is 0 Å². The van der Waals surface area contributed by atoms with Gasteiger partial charge >= 0.3 is 12.1 Å². The van der Waals surface area contributed by atoms with Gasteiger partial charge in [-0.3, -0.25) is 4.79 Å². The molecule has 0 aromatic carbocycles. The third-order valence-corrected chi connectivity index (χ3v) is 1.84. The first-order valence-corrected chi connectivity index (χ1v) is 5.16. The molecule has 1 heterocycles. The number of rotatable bonds is 3. The number of esters is 1. The highest BCUT2D eigenvalue weighted by molar-refractivity contribution is 5.78. The maximum absolute atomic E-state index is 11.4. The number of cyclic esters (lactones) is 2. The third kappa shape index (κ3) is 3.92. The fourth-order valence-electron chi connectivity index (χ4n) is 0.946. The van der Waals surface area contributed by atoms with Crippen LogP contribution in [0.3, 0.4) is 0 Å². The molecule has 0 unspecified atom stereocenters. The van der Waals surface area contributed by atoms with E-state index in [-0.39, 0.29) is 19.8 Å². The van der Waals surface area contributed by atoms with E-state index in [4.69, 9.17) is 4.74 Å². The van der Waals surface area contributed by atoms with Crippen LogP contribution in [0, 0.1) is 5.41 Å². The van der Waals surface area contributed by atoms with Crippen LogP contribution in [0.2, 0.25) is 0 Å². The van der Waals surface area contributed by atoms with Gasteiger partial charge in [0.25, 0.3) is 0 Å². The van der Waals surface area contributed by atoms with Gasteiger partial charge in [0.15, 0.2) is 0 Å². The monoisotopic (exact) mass is 230 g/mol. The Morgan fingerprint density at radius 2 is 2.00 bits per heavy atom. The average Bonchev–Trinajstić information content (AvgIpc) is 2.32. The molecule has 0 bridgehead atoms. The van der Waals surface area contributed by atoms with Crippen LogP contribution in [0.5, 0.6) is 0 Å². The van der Waals surface area contributed by atoms with Gasteiger partial charge in [0.05, 0.1) is 0 Å². The SMILES string of the molecule is C=CCOC(=O)C1(C)COC(=O)OC1.CC. The zero-order valence-corrected chi connectivity index (χ0v) is 9.95. The second-order valence-electron chi connectivity index (χ2n) is 3.28. The van der Waals surface area contributed by atoms with Crippen LogP contribution >= 0.6 is 0 Å². The van der Waals surface area contributed by atoms with Crippen LogP contribution in [0.1, 0.15) is 20.8 Å². The van der Waals surface area contributed by atoms with Crippen molar-refractivity contribution in [3.63, 3.8) is 0 Å². The summed E-state index contributed by atoms with van der Waals surface area (Å²) in [7, 11) is 0. The summed E-state index contributed by atoms with van der Waals surface area (Å²) >= 11 is 0. The van der Waals surface area contributed by atoms with Gasteiger partial charge < -0.3 is 14.2 Å². The first-order valence-electron chi connectivity index (χ1n) is 5.16. The molecule has 0 aliphatic carbocycles. The van der Waals surface area contributed by atoms with Gasteiger partial charge in [0.1, 0.15) is 25.2 Å². The first kappa shape index (κ1) is 14.5. The minimum absolute atomic E-state index is 0.0121. The van der Waals surface area contributed by atoms with Crippen molar-refractivity contribution in [1.82, 2.24) is 0 Å². The van der Waals surface area contributed by atoms with Crippen LogP contribution in [0.4, 0.5) is 4.79 Å². The number of carbonyl (C=O) groups excluding carboxylic acids is 2. The molecule has 0 atom stereocenters. The molecule has 0 aromatic heterocycles. The molecule has 5 heteroatoms.